The van der Waals surface area contributed by atoms with Gasteiger partial charge in [-0.3, -0.25) is 0 Å². The normalized spacial score (nSPS) is 14.8. The molecule has 1 aromatic heterocycles. The molecular formula is C15H16F2N2S. The zero-order chi connectivity index (χ0) is 14.1. The first-order valence-corrected chi connectivity index (χ1v) is 7.66. The number of nitrogens with zero attached hydrogens (tertiary/aromatic N) is 1. The van der Waals surface area contributed by atoms with Crippen molar-refractivity contribution in [2.24, 2.45) is 0 Å². The third-order valence-electron chi connectivity index (χ3n) is 3.39. The monoisotopic (exact) mass is 294 g/mol. The third-order valence-corrected chi connectivity index (χ3v) is 4.49. The highest BCUT2D eigenvalue weighted by atomic mass is 32.1. The van der Waals surface area contributed by atoms with Gasteiger partial charge in [0.25, 0.3) is 0 Å². The summed E-state index contributed by atoms with van der Waals surface area (Å²) in [6.45, 7) is 3.67. The summed E-state index contributed by atoms with van der Waals surface area (Å²) in [4.78, 5) is 5.72. The summed E-state index contributed by atoms with van der Waals surface area (Å²) in [5, 5.41) is 3.86. The summed E-state index contributed by atoms with van der Waals surface area (Å²) in [6, 6.07) is 3.52. The molecule has 1 aromatic carbocycles. The SMILES string of the molecule is CCNCc1sc(-c2cc(F)ccc2F)nc1C1CC1. The van der Waals surface area contributed by atoms with E-state index in [4.69, 9.17) is 0 Å². The highest BCUT2D eigenvalue weighted by molar-refractivity contribution is 7.15. The molecule has 0 spiro atoms. The van der Waals surface area contributed by atoms with E-state index in [0.717, 1.165) is 48.6 Å². The van der Waals surface area contributed by atoms with E-state index < -0.39 is 11.6 Å². The maximum absolute atomic E-state index is 13.8. The third kappa shape index (κ3) is 2.74. The lowest BCUT2D eigenvalue weighted by molar-refractivity contribution is 0.603. The standard InChI is InChI=1S/C15H16F2N2S/c1-2-18-8-13-14(9-3-4-9)19-15(20-13)11-7-10(16)5-6-12(11)17/h5-7,9,18H,2-4,8H2,1H3. The summed E-state index contributed by atoms with van der Waals surface area (Å²) in [7, 11) is 0. The van der Waals surface area contributed by atoms with Gasteiger partial charge in [-0.2, -0.15) is 0 Å². The van der Waals surface area contributed by atoms with Crippen LogP contribution in [0.4, 0.5) is 8.78 Å². The number of nitrogens with one attached hydrogen (secondary N) is 1. The Bertz CT molecular complexity index is 620. The van der Waals surface area contributed by atoms with Gasteiger partial charge < -0.3 is 5.32 Å². The Balaban J connectivity index is 1.99. The average Bonchev–Trinajstić information content (AvgIpc) is 3.20. The van der Waals surface area contributed by atoms with Crippen molar-refractivity contribution in [3.05, 3.63) is 40.4 Å². The molecule has 0 unspecified atom stereocenters. The fraction of sp³-hybridized carbons (Fsp3) is 0.400. The van der Waals surface area contributed by atoms with E-state index in [0.29, 0.717) is 10.9 Å². The van der Waals surface area contributed by atoms with Crippen molar-refractivity contribution in [1.82, 2.24) is 10.3 Å². The Morgan fingerprint density at radius 1 is 1.35 bits per heavy atom. The van der Waals surface area contributed by atoms with Crippen LogP contribution in [-0.4, -0.2) is 11.5 Å². The largest absolute Gasteiger partial charge is 0.312 e. The molecule has 0 aliphatic heterocycles. The van der Waals surface area contributed by atoms with Gasteiger partial charge in [0.1, 0.15) is 16.6 Å². The minimum atomic E-state index is -0.433. The fourth-order valence-corrected chi connectivity index (χ4v) is 3.32. The van der Waals surface area contributed by atoms with Crippen LogP contribution < -0.4 is 5.32 Å². The van der Waals surface area contributed by atoms with Crippen LogP contribution in [0.25, 0.3) is 10.6 Å². The first-order valence-electron chi connectivity index (χ1n) is 6.84. The number of aromatic nitrogens is 1. The molecule has 2 aromatic rings. The van der Waals surface area contributed by atoms with Crippen molar-refractivity contribution in [3.8, 4) is 10.6 Å². The Labute approximate surface area is 120 Å². The van der Waals surface area contributed by atoms with Crippen molar-refractivity contribution >= 4 is 11.3 Å². The Morgan fingerprint density at radius 3 is 2.85 bits per heavy atom. The number of halogens is 2. The topological polar surface area (TPSA) is 24.9 Å². The molecule has 0 atom stereocenters. The molecule has 20 heavy (non-hydrogen) atoms. The zero-order valence-corrected chi connectivity index (χ0v) is 12.1. The number of hydrogen-bond donors (Lipinski definition) is 1. The molecule has 5 heteroatoms. The van der Waals surface area contributed by atoms with Gasteiger partial charge in [0.15, 0.2) is 0 Å². The van der Waals surface area contributed by atoms with Gasteiger partial charge in [0.05, 0.1) is 5.69 Å². The highest BCUT2D eigenvalue weighted by Gasteiger charge is 2.30. The maximum atomic E-state index is 13.8. The number of benzene rings is 1. The van der Waals surface area contributed by atoms with Gasteiger partial charge in [-0.25, -0.2) is 13.8 Å². The van der Waals surface area contributed by atoms with Gasteiger partial charge in [0, 0.05) is 22.9 Å². The lowest BCUT2D eigenvalue weighted by Gasteiger charge is -2.00. The first kappa shape index (κ1) is 13.6. The molecule has 0 saturated heterocycles. The molecule has 1 heterocycles. The summed E-state index contributed by atoms with van der Waals surface area (Å²) in [5.74, 6) is -0.347. The molecule has 1 N–H and O–H groups in total. The zero-order valence-electron chi connectivity index (χ0n) is 11.2. The lowest BCUT2D eigenvalue weighted by atomic mass is 10.2. The smallest absolute Gasteiger partial charge is 0.133 e. The van der Waals surface area contributed by atoms with E-state index in [2.05, 4.69) is 10.3 Å². The van der Waals surface area contributed by atoms with E-state index in [1.54, 1.807) is 0 Å². The predicted molar refractivity (Wildman–Crippen MR) is 76.8 cm³/mol. The van der Waals surface area contributed by atoms with E-state index >= 15 is 0 Å². The van der Waals surface area contributed by atoms with Crippen LogP contribution in [0.1, 0.15) is 36.3 Å². The fourth-order valence-electron chi connectivity index (χ4n) is 2.18. The second-order valence-electron chi connectivity index (χ2n) is 5.01. The number of hydrogen-bond acceptors (Lipinski definition) is 3. The molecule has 106 valence electrons. The first-order chi connectivity index (χ1) is 9.69. The van der Waals surface area contributed by atoms with Crippen LogP contribution in [0, 0.1) is 11.6 Å². The van der Waals surface area contributed by atoms with Gasteiger partial charge >= 0.3 is 0 Å². The summed E-state index contributed by atoms with van der Waals surface area (Å²) < 4.78 is 27.2. The van der Waals surface area contributed by atoms with E-state index in [9.17, 15) is 8.78 Å². The molecule has 3 rings (SSSR count). The average molecular weight is 294 g/mol. The summed E-state index contributed by atoms with van der Waals surface area (Å²) >= 11 is 1.46. The number of thiazole rings is 1. The van der Waals surface area contributed by atoms with Gasteiger partial charge in [-0.05, 0) is 37.6 Å². The lowest BCUT2D eigenvalue weighted by Crippen LogP contribution is -2.11. The van der Waals surface area contributed by atoms with Gasteiger partial charge in [-0.1, -0.05) is 6.92 Å². The molecule has 0 radical (unpaired) electrons. The molecule has 1 fully saturated rings. The predicted octanol–water partition coefficient (Wildman–Crippen LogP) is 4.08. The molecule has 1 aliphatic carbocycles. The minimum absolute atomic E-state index is 0.264. The van der Waals surface area contributed by atoms with Gasteiger partial charge in [-0.15, -0.1) is 11.3 Å². The Kier molecular flexibility index (Phi) is 3.81. The second kappa shape index (κ2) is 5.58. The van der Waals surface area contributed by atoms with Crippen molar-refractivity contribution in [2.45, 2.75) is 32.2 Å². The molecule has 0 bridgehead atoms. The Hall–Kier alpha value is -1.33. The second-order valence-corrected chi connectivity index (χ2v) is 6.09. The molecular weight excluding hydrogens is 278 g/mol. The van der Waals surface area contributed by atoms with Crippen LogP contribution in [-0.2, 0) is 6.54 Å². The molecule has 2 nitrogen and oxygen atoms in total. The van der Waals surface area contributed by atoms with Crippen molar-refractivity contribution in [1.29, 1.82) is 0 Å². The van der Waals surface area contributed by atoms with Crippen LogP contribution in [0.15, 0.2) is 18.2 Å². The van der Waals surface area contributed by atoms with Crippen LogP contribution >= 0.6 is 11.3 Å². The minimum Gasteiger partial charge on any atom is -0.312 e. The summed E-state index contributed by atoms with van der Waals surface area (Å²) in [5.41, 5.74) is 1.33. The van der Waals surface area contributed by atoms with Crippen LogP contribution in [0.2, 0.25) is 0 Å². The van der Waals surface area contributed by atoms with Crippen LogP contribution in [0.3, 0.4) is 0 Å². The van der Waals surface area contributed by atoms with Crippen molar-refractivity contribution in [3.63, 3.8) is 0 Å². The van der Waals surface area contributed by atoms with Crippen molar-refractivity contribution < 1.29 is 8.78 Å². The van der Waals surface area contributed by atoms with E-state index in [1.165, 1.54) is 17.4 Å². The number of rotatable bonds is 5. The van der Waals surface area contributed by atoms with Crippen molar-refractivity contribution in [2.75, 3.05) is 6.54 Å². The van der Waals surface area contributed by atoms with E-state index in [1.807, 2.05) is 6.92 Å². The molecule has 1 saturated carbocycles. The Morgan fingerprint density at radius 2 is 2.15 bits per heavy atom. The van der Waals surface area contributed by atoms with E-state index in [-0.39, 0.29) is 5.56 Å². The molecule has 1 aliphatic rings. The maximum Gasteiger partial charge on any atom is 0.133 e. The summed E-state index contributed by atoms with van der Waals surface area (Å²) in [6.07, 6.45) is 2.29. The van der Waals surface area contributed by atoms with Gasteiger partial charge in [0.2, 0.25) is 0 Å². The quantitative estimate of drug-likeness (QED) is 0.899. The van der Waals surface area contributed by atoms with Crippen LogP contribution in [0.5, 0.6) is 0 Å². The highest BCUT2D eigenvalue weighted by Crippen LogP contribution is 2.44. The molecule has 0 amide bonds.